The molecule has 9 heteroatoms. The van der Waals surface area contributed by atoms with Crippen molar-refractivity contribution >= 4 is 44.7 Å². The molecular formula is C5H22O4Si5. The summed E-state index contributed by atoms with van der Waals surface area (Å²) in [6.07, 6.45) is 0. The van der Waals surface area contributed by atoms with Crippen LogP contribution in [0.3, 0.4) is 0 Å². The SMILES string of the molecule is COO[Si](C)(C)[Si]([SiH3])(O[SiH2]C)O[SiH2]C. The van der Waals surface area contributed by atoms with Crippen molar-refractivity contribution in [2.75, 3.05) is 7.11 Å². The van der Waals surface area contributed by atoms with Gasteiger partial charge < -0.3 is 8.23 Å². The van der Waals surface area contributed by atoms with Gasteiger partial charge in [-0.2, -0.15) is 0 Å². The quantitative estimate of drug-likeness (QED) is 0.323. The van der Waals surface area contributed by atoms with Crippen LogP contribution in [0.1, 0.15) is 0 Å². The largest absolute Gasteiger partial charge is 0.446 e. The minimum atomic E-state index is -1.94. The molecule has 14 heavy (non-hydrogen) atoms. The fourth-order valence-electron chi connectivity index (χ4n) is 1.22. The Morgan fingerprint density at radius 3 is 1.79 bits per heavy atom. The predicted octanol–water partition coefficient (Wildman–Crippen LogP) is -1.55. The molecule has 0 heterocycles. The topological polar surface area (TPSA) is 36.9 Å². The van der Waals surface area contributed by atoms with E-state index in [0.717, 1.165) is 9.76 Å². The van der Waals surface area contributed by atoms with Crippen molar-refractivity contribution in [1.29, 1.82) is 0 Å². The van der Waals surface area contributed by atoms with E-state index in [0.29, 0.717) is 0 Å². The lowest BCUT2D eigenvalue weighted by molar-refractivity contribution is -0.187. The Labute approximate surface area is 95.9 Å². The highest BCUT2D eigenvalue weighted by atomic mass is 29.6. The second-order valence-electron chi connectivity index (χ2n) is 3.57. The van der Waals surface area contributed by atoms with Crippen LogP contribution in [0.2, 0.25) is 26.2 Å². The summed E-state index contributed by atoms with van der Waals surface area (Å²) in [7, 11) is -2.12. The summed E-state index contributed by atoms with van der Waals surface area (Å²) >= 11 is 0. The van der Waals surface area contributed by atoms with Crippen molar-refractivity contribution < 1.29 is 17.7 Å². The molecule has 0 N–H and O–H groups in total. The van der Waals surface area contributed by atoms with Gasteiger partial charge in [-0.3, -0.25) is 9.46 Å². The Hall–Kier alpha value is 0.924. The number of hydrogen-bond acceptors (Lipinski definition) is 4. The van der Waals surface area contributed by atoms with E-state index in [1.54, 1.807) is 7.11 Å². The summed E-state index contributed by atoms with van der Waals surface area (Å²) in [4.78, 5) is 4.83. The molecule has 86 valence electrons. The lowest BCUT2D eigenvalue weighted by atomic mass is 11.8. The van der Waals surface area contributed by atoms with E-state index < -0.39 is 35.0 Å². The lowest BCUT2D eigenvalue weighted by Gasteiger charge is -2.37. The van der Waals surface area contributed by atoms with Crippen molar-refractivity contribution in [2.45, 2.75) is 26.2 Å². The molecule has 0 fully saturated rings. The molecule has 0 spiro atoms. The van der Waals surface area contributed by atoms with E-state index in [1.807, 2.05) is 0 Å². The van der Waals surface area contributed by atoms with Crippen LogP contribution in [0.5, 0.6) is 0 Å². The lowest BCUT2D eigenvalue weighted by Crippen LogP contribution is -2.67. The third-order valence-corrected chi connectivity index (χ3v) is 37.2. The Bertz CT molecular complexity index is 160. The molecule has 0 atom stereocenters. The summed E-state index contributed by atoms with van der Waals surface area (Å²) in [5, 5.41) is 0. The normalized spacial score (nSPS) is 18.6. The first-order chi connectivity index (χ1) is 6.43. The van der Waals surface area contributed by atoms with Crippen molar-refractivity contribution in [3.05, 3.63) is 0 Å². The first kappa shape index (κ1) is 14.9. The average molecular weight is 287 g/mol. The molecule has 0 bridgehead atoms. The highest BCUT2D eigenvalue weighted by Gasteiger charge is 2.51. The first-order valence-electron chi connectivity index (χ1n) is 4.93. The predicted molar refractivity (Wildman–Crippen MR) is 72.3 cm³/mol. The van der Waals surface area contributed by atoms with Gasteiger partial charge in [0.2, 0.25) is 0 Å². The third kappa shape index (κ3) is 3.82. The molecule has 0 saturated heterocycles. The van der Waals surface area contributed by atoms with Crippen LogP contribution in [0.25, 0.3) is 0 Å². The fourth-order valence-corrected chi connectivity index (χ4v) is 25.6. The van der Waals surface area contributed by atoms with Gasteiger partial charge in [0, 0.05) is 0 Å². The van der Waals surface area contributed by atoms with E-state index in [2.05, 4.69) is 26.2 Å². The van der Waals surface area contributed by atoms with Gasteiger partial charge in [-0.15, -0.1) is 0 Å². The minimum absolute atomic E-state index is 0.414. The highest BCUT2D eigenvalue weighted by molar-refractivity contribution is 7.52. The van der Waals surface area contributed by atoms with Crippen LogP contribution >= 0.6 is 0 Å². The van der Waals surface area contributed by atoms with E-state index in [1.165, 1.54) is 0 Å². The van der Waals surface area contributed by atoms with Gasteiger partial charge in [0.05, 0.1) is 16.9 Å². The minimum Gasteiger partial charge on any atom is -0.446 e. The van der Waals surface area contributed by atoms with Crippen LogP contribution in [-0.4, -0.2) is 51.8 Å². The van der Waals surface area contributed by atoms with Gasteiger partial charge in [0.25, 0.3) is 7.83 Å². The molecule has 0 aliphatic carbocycles. The molecule has 0 saturated carbocycles. The maximum Gasteiger partial charge on any atom is 0.300 e. The van der Waals surface area contributed by atoms with Crippen molar-refractivity contribution in [3.63, 3.8) is 0 Å². The Balaban J connectivity index is 4.59. The monoisotopic (exact) mass is 286 g/mol. The van der Waals surface area contributed by atoms with Crippen LogP contribution in [0.4, 0.5) is 0 Å². The highest BCUT2D eigenvalue weighted by Crippen LogP contribution is 2.19. The molecule has 0 aliphatic heterocycles. The summed E-state index contributed by atoms with van der Waals surface area (Å²) in [6, 6.07) is 0. The molecule has 0 aromatic rings. The zero-order valence-corrected chi connectivity index (χ0v) is 16.9. The van der Waals surface area contributed by atoms with E-state index in [-0.39, 0.29) is 0 Å². The van der Waals surface area contributed by atoms with Gasteiger partial charge in [0.1, 0.15) is 19.5 Å². The number of rotatable bonds is 7. The van der Waals surface area contributed by atoms with E-state index in [4.69, 9.17) is 17.7 Å². The molecule has 0 amide bonds. The first-order valence-corrected chi connectivity index (χ1v) is 18.1. The standard InChI is InChI=1S/C5H22O4Si5/c1-6-7-13(4,5)14(10,8-11-2)9-12-3/h11-12H2,1-5,10H3. The summed E-state index contributed by atoms with van der Waals surface area (Å²) in [5.74, 6) is 0. The van der Waals surface area contributed by atoms with Crippen molar-refractivity contribution in [3.8, 4) is 0 Å². The second-order valence-corrected chi connectivity index (χ2v) is 25.4. The molecule has 0 unspecified atom stereocenters. The Morgan fingerprint density at radius 1 is 1.07 bits per heavy atom. The zero-order chi connectivity index (χ0) is 11.2. The molecular weight excluding hydrogens is 264 g/mol. The summed E-state index contributed by atoms with van der Waals surface area (Å²) < 4.78 is 17.4. The van der Waals surface area contributed by atoms with Crippen LogP contribution in [0, 0.1) is 0 Å². The Morgan fingerprint density at radius 2 is 1.50 bits per heavy atom. The smallest absolute Gasteiger partial charge is 0.300 e. The average Bonchev–Trinajstić information content (AvgIpc) is 2.04. The zero-order valence-electron chi connectivity index (χ0n) is 10.0. The second kappa shape index (κ2) is 6.49. The molecule has 0 aliphatic rings. The van der Waals surface area contributed by atoms with Crippen LogP contribution in [-0.2, 0) is 17.7 Å². The van der Waals surface area contributed by atoms with Gasteiger partial charge in [-0.25, -0.2) is 0 Å². The van der Waals surface area contributed by atoms with Gasteiger partial charge in [-0.1, -0.05) is 13.1 Å². The van der Waals surface area contributed by atoms with Gasteiger partial charge >= 0.3 is 7.60 Å². The molecule has 0 aromatic heterocycles. The van der Waals surface area contributed by atoms with Crippen molar-refractivity contribution in [2.24, 2.45) is 0 Å². The number of hydrogen-bond donors (Lipinski definition) is 0. The molecule has 0 radical (unpaired) electrons. The van der Waals surface area contributed by atoms with E-state index in [9.17, 15) is 0 Å². The Kier molecular flexibility index (Phi) is 6.92. The maximum absolute atomic E-state index is 6.00. The summed E-state index contributed by atoms with van der Waals surface area (Å²) in [6.45, 7) is 8.59. The fraction of sp³-hybridized carbons (Fsp3) is 1.00. The van der Waals surface area contributed by atoms with Gasteiger partial charge in [-0.05, 0) is 13.1 Å². The van der Waals surface area contributed by atoms with E-state index >= 15 is 0 Å². The van der Waals surface area contributed by atoms with Crippen LogP contribution < -0.4 is 0 Å². The molecule has 4 nitrogen and oxygen atoms in total. The third-order valence-electron chi connectivity index (χ3n) is 2.22. The van der Waals surface area contributed by atoms with Crippen molar-refractivity contribution in [1.82, 2.24) is 0 Å². The van der Waals surface area contributed by atoms with Gasteiger partial charge in [0.15, 0.2) is 0 Å². The maximum atomic E-state index is 6.00. The van der Waals surface area contributed by atoms with Crippen LogP contribution in [0.15, 0.2) is 0 Å². The molecule has 0 aromatic carbocycles. The summed E-state index contributed by atoms with van der Waals surface area (Å²) in [5.41, 5.74) is 0. The molecule has 0 rings (SSSR count).